The van der Waals surface area contributed by atoms with Crippen molar-refractivity contribution in [2.45, 2.75) is 19.1 Å². The summed E-state index contributed by atoms with van der Waals surface area (Å²) in [4.78, 5) is 11.7. The molecule has 0 aromatic heterocycles. The Hall–Kier alpha value is -1.15. The monoisotopic (exact) mass is 344 g/mol. The Labute approximate surface area is 132 Å². The van der Waals surface area contributed by atoms with Gasteiger partial charge >= 0.3 is 6.61 Å². The van der Waals surface area contributed by atoms with Crippen LogP contribution in [0.1, 0.15) is 6.42 Å². The fraction of sp³-hybridized carbons (Fsp3) is 0.417. The van der Waals surface area contributed by atoms with Gasteiger partial charge in [0, 0.05) is 19.3 Å². The van der Waals surface area contributed by atoms with E-state index < -0.39 is 6.61 Å². The van der Waals surface area contributed by atoms with Crippen LogP contribution in [0, 0.1) is 0 Å². The molecule has 0 spiro atoms. The van der Waals surface area contributed by atoms with Crippen LogP contribution in [-0.4, -0.2) is 32.3 Å². The van der Waals surface area contributed by atoms with Gasteiger partial charge in [-0.2, -0.15) is 8.78 Å². The van der Waals surface area contributed by atoms with Gasteiger partial charge in [-0.15, -0.1) is 12.4 Å². The molecule has 1 aromatic rings. The summed E-state index contributed by atoms with van der Waals surface area (Å²) >= 11 is 5.76. The van der Waals surface area contributed by atoms with Crippen molar-refractivity contribution in [3.8, 4) is 5.75 Å². The Morgan fingerprint density at radius 3 is 2.62 bits per heavy atom. The molecule has 1 unspecified atom stereocenters. The maximum atomic E-state index is 12.1. The van der Waals surface area contributed by atoms with Gasteiger partial charge in [0.2, 0.25) is 5.91 Å². The highest BCUT2D eigenvalue weighted by Crippen LogP contribution is 2.28. The third kappa shape index (κ3) is 6.90. The average Bonchev–Trinajstić information content (AvgIpc) is 2.38. The van der Waals surface area contributed by atoms with Gasteiger partial charge in [0.1, 0.15) is 5.75 Å². The molecule has 3 N–H and O–H groups in total. The zero-order valence-corrected chi connectivity index (χ0v) is 12.7. The first-order valence-corrected chi connectivity index (χ1v) is 6.11. The first kappa shape index (κ1) is 19.9. The summed E-state index contributed by atoms with van der Waals surface area (Å²) in [5, 5.41) is 2.54. The molecule has 0 radical (unpaired) electrons. The lowest BCUT2D eigenvalue weighted by atomic mass is 10.2. The van der Waals surface area contributed by atoms with Gasteiger partial charge < -0.3 is 20.5 Å². The largest absolute Gasteiger partial charge is 0.433 e. The van der Waals surface area contributed by atoms with Crippen LogP contribution < -0.4 is 15.8 Å². The van der Waals surface area contributed by atoms with Gasteiger partial charge in [-0.05, 0) is 18.2 Å². The maximum Gasteiger partial charge on any atom is 0.387 e. The van der Waals surface area contributed by atoms with E-state index in [0.29, 0.717) is 5.69 Å². The van der Waals surface area contributed by atoms with Crippen LogP contribution in [0.2, 0.25) is 5.02 Å². The minimum absolute atomic E-state index is 0. The van der Waals surface area contributed by atoms with Gasteiger partial charge in [0.05, 0.1) is 17.5 Å². The highest BCUT2D eigenvalue weighted by molar-refractivity contribution is 6.32. The second-order valence-electron chi connectivity index (χ2n) is 3.87. The predicted molar refractivity (Wildman–Crippen MR) is 78.4 cm³/mol. The summed E-state index contributed by atoms with van der Waals surface area (Å²) < 4.78 is 33.3. The molecule has 0 bridgehead atoms. The number of ether oxygens (including phenoxy) is 2. The molecule has 1 atom stereocenters. The molecule has 0 saturated carbocycles. The molecule has 0 aliphatic carbocycles. The van der Waals surface area contributed by atoms with Crippen LogP contribution in [0.4, 0.5) is 14.5 Å². The van der Waals surface area contributed by atoms with E-state index in [1.165, 1.54) is 25.3 Å². The van der Waals surface area contributed by atoms with Gasteiger partial charge in [-0.25, -0.2) is 0 Å². The summed E-state index contributed by atoms with van der Waals surface area (Å²) in [7, 11) is 1.46. The summed E-state index contributed by atoms with van der Waals surface area (Å²) in [6.45, 7) is -2.74. The van der Waals surface area contributed by atoms with Crippen LogP contribution >= 0.6 is 24.0 Å². The first-order valence-electron chi connectivity index (χ1n) is 5.73. The molecule has 0 aliphatic rings. The molecule has 21 heavy (non-hydrogen) atoms. The molecule has 120 valence electrons. The summed E-state index contributed by atoms with van der Waals surface area (Å²) in [5.41, 5.74) is 5.77. The van der Waals surface area contributed by atoms with Crippen LogP contribution in [0.5, 0.6) is 5.75 Å². The number of carbonyl (C=O) groups is 1. The average molecular weight is 345 g/mol. The van der Waals surface area contributed by atoms with Gasteiger partial charge in [-0.1, -0.05) is 11.6 Å². The fourth-order valence-corrected chi connectivity index (χ4v) is 1.68. The van der Waals surface area contributed by atoms with Crippen molar-refractivity contribution in [1.82, 2.24) is 0 Å². The number of methoxy groups -OCH3 is 1. The molecular formula is C12H16Cl2F2N2O3. The zero-order chi connectivity index (χ0) is 15.1. The Kier molecular flexibility index (Phi) is 9.19. The number of nitrogens with one attached hydrogen (secondary N) is 1. The lowest BCUT2D eigenvalue weighted by Crippen LogP contribution is -2.28. The molecule has 1 rings (SSSR count). The van der Waals surface area contributed by atoms with E-state index in [1.54, 1.807) is 0 Å². The molecule has 0 heterocycles. The maximum absolute atomic E-state index is 12.1. The van der Waals surface area contributed by atoms with E-state index in [-0.39, 0.29) is 48.2 Å². The van der Waals surface area contributed by atoms with E-state index in [9.17, 15) is 13.6 Å². The van der Waals surface area contributed by atoms with Gasteiger partial charge in [0.25, 0.3) is 0 Å². The van der Waals surface area contributed by atoms with Crippen molar-refractivity contribution in [2.24, 2.45) is 5.73 Å². The van der Waals surface area contributed by atoms with Crippen molar-refractivity contribution in [1.29, 1.82) is 0 Å². The standard InChI is InChI=1S/C12H15ClF2N2O3.ClH/c1-19-8(6-16)5-11(18)17-7-2-3-10(9(13)4-7)20-12(14)15;/h2-4,8,12H,5-6,16H2,1H3,(H,17,18);1H. The lowest BCUT2D eigenvalue weighted by Gasteiger charge is -2.13. The Morgan fingerprint density at radius 1 is 1.48 bits per heavy atom. The summed E-state index contributed by atoms with van der Waals surface area (Å²) in [6, 6.07) is 3.98. The van der Waals surface area contributed by atoms with Crippen molar-refractivity contribution >= 4 is 35.6 Å². The summed E-state index contributed by atoms with van der Waals surface area (Å²) in [5.74, 6) is -0.475. The van der Waals surface area contributed by atoms with Gasteiger partial charge in [0.15, 0.2) is 0 Å². The number of carbonyl (C=O) groups excluding carboxylic acids is 1. The molecule has 1 amide bonds. The van der Waals surface area contributed by atoms with Crippen LogP contribution in [0.3, 0.4) is 0 Å². The summed E-state index contributed by atoms with van der Waals surface area (Å²) in [6.07, 6.45) is -0.299. The van der Waals surface area contributed by atoms with Crippen molar-refractivity contribution in [3.05, 3.63) is 23.2 Å². The Balaban J connectivity index is 0.00000400. The topological polar surface area (TPSA) is 73.6 Å². The molecule has 0 fully saturated rings. The zero-order valence-electron chi connectivity index (χ0n) is 11.1. The van der Waals surface area contributed by atoms with Crippen molar-refractivity contribution < 1.29 is 23.0 Å². The van der Waals surface area contributed by atoms with E-state index in [1.807, 2.05) is 0 Å². The number of rotatable bonds is 7. The molecular weight excluding hydrogens is 329 g/mol. The number of hydrogen-bond acceptors (Lipinski definition) is 4. The second kappa shape index (κ2) is 9.73. The number of hydrogen-bond donors (Lipinski definition) is 2. The van der Waals surface area contributed by atoms with Crippen molar-refractivity contribution in [2.75, 3.05) is 19.0 Å². The smallest absolute Gasteiger partial charge is 0.387 e. The molecule has 0 saturated heterocycles. The van der Waals surface area contributed by atoms with E-state index in [2.05, 4.69) is 10.1 Å². The minimum Gasteiger partial charge on any atom is -0.433 e. The Bertz CT molecular complexity index is 460. The molecule has 1 aromatic carbocycles. The van der Waals surface area contributed by atoms with E-state index in [4.69, 9.17) is 22.1 Å². The number of amides is 1. The number of benzene rings is 1. The van der Waals surface area contributed by atoms with Crippen LogP contribution in [0.25, 0.3) is 0 Å². The highest BCUT2D eigenvalue weighted by Gasteiger charge is 2.13. The molecule has 0 aliphatic heterocycles. The number of anilines is 1. The number of halogens is 4. The normalized spacial score (nSPS) is 11.7. The minimum atomic E-state index is -2.96. The lowest BCUT2D eigenvalue weighted by molar-refractivity contribution is -0.118. The van der Waals surface area contributed by atoms with Gasteiger partial charge in [-0.3, -0.25) is 4.79 Å². The number of alkyl halides is 2. The quantitative estimate of drug-likeness (QED) is 0.797. The Morgan fingerprint density at radius 2 is 2.14 bits per heavy atom. The number of nitrogens with two attached hydrogens (primary N) is 1. The molecule has 5 nitrogen and oxygen atoms in total. The third-order valence-electron chi connectivity index (χ3n) is 2.44. The molecule has 9 heteroatoms. The second-order valence-corrected chi connectivity index (χ2v) is 4.28. The van der Waals surface area contributed by atoms with Crippen molar-refractivity contribution in [3.63, 3.8) is 0 Å². The third-order valence-corrected chi connectivity index (χ3v) is 2.74. The van der Waals surface area contributed by atoms with E-state index in [0.717, 1.165) is 0 Å². The van der Waals surface area contributed by atoms with Crippen LogP contribution in [-0.2, 0) is 9.53 Å². The fourth-order valence-electron chi connectivity index (χ4n) is 1.45. The SMILES string of the molecule is COC(CN)CC(=O)Nc1ccc(OC(F)F)c(Cl)c1.Cl. The predicted octanol–water partition coefficient (Wildman–Crippen LogP) is 2.67. The van der Waals surface area contributed by atoms with E-state index >= 15 is 0 Å². The highest BCUT2D eigenvalue weighted by atomic mass is 35.5. The van der Waals surface area contributed by atoms with Crippen LogP contribution in [0.15, 0.2) is 18.2 Å². The first-order chi connectivity index (χ1) is 9.46.